The number of carbonyl (C=O) groups is 2. The normalized spacial score (nSPS) is 20.8. The summed E-state index contributed by atoms with van der Waals surface area (Å²) >= 11 is 0. The summed E-state index contributed by atoms with van der Waals surface area (Å²) in [6, 6.07) is -0.475. The second-order valence-corrected chi connectivity index (χ2v) is 4.84. The Morgan fingerprint density at radius 3 is 2.59 bits per heavy atom. The zero-order valence-electron chi connectivity index (χ0n) is 10.4. The third-order valence-electron chi connectivity index (χ3n) is 2.21. The molecular weight excluding hydrogens is 226 g/mol. The van der Waals surface area contributed by atoms with Gasteiger partial charge >= 0.3 is 11.9 Å². The monoisotopic (exact) mass is 245 g/mol. The van der Waals surface area contributed by atoms with E-state index in [1.807, 2.05) is 0 Å². The lowest BCUT2D eigenvalue weighted by Crippen LogP contribution is -2.47. The molecule has 17 heavy (non-hydrogen) atoms. The van der Waals surface area contributed by atoms with E-state index in [1.165, 1.54) is 0 Å². The van der Waals surface area contributed by atoms with Crippen LogP contribution in [-0.4, -0.2) is 44.5 Å². The SMILES string of the molecule is CC(C)(C)C(=O)OCOC(=O)C1COCCN1. The van der Waals surface area contributed by atoms with Crippen LogP contribution in [0.2, 0.25) is 0 Å². The van der Waals surface area contributed by atoms with E-state index in [4.69, 9.17) is 14.2 Å². The molecule has 1 aliphatic rings. The smallest absolute Gasteiger partial charge is 0.328 e. The van der Waals surface area contributed by atoms with Gasteiger partial charge in [0.15, 0.2) is 0 Å². The molecule has 6 heteroatoms. The summed E-state index contributed by atoms with van der Waals surface area (Å²) in [5, 5.41) is 2.95. The third-order valence-corrected chi connectivity index (χ3v) is 2.21. The number of esters is 2. The van der Waals surface area contributed by atoms with Gasteiger partial charge in [0.25, 0.3) is 0 Å². The van der Waals surface area contributed by atoms with Crippen molar-refractivity contribution < 1.29 is 23.8 Å². The highest BCUT2D eigenvalue weighted by atomic mass is 16.7. The third kappa shape index (κ3) is 4.70. The van der Waals surface area contributed by atoms with Gasteiger partial charge in [0, 0.05) is 6.54 Å². The molecule has 0 aromatic heterocycles. The van der Waals surface area contributed by atoms with E-state index >= 15 is 0 Å². The van der Waals surface area contributed by atoms with Crippen molar-refractivity contribution in [2.45, 2.75) is 26.8 Å². The van der Waals surface area contributed by atoms with Gasteiger partial charge in [0.05, 0.1) is 18.6 Å². The molecule has 1 N–H and O–H groups in total. The fourth-order valence-electron chi connectivity index (χ4n) is 1.17. The zero-order chi connectivity index (χ0) is 12.9. The Morgan fingerprint density at radius 1 is 1.35 bits per heavy atom. The van der Waals surface area contributed by atoms with Crippen LogP contribution >= 0.6 is 0 Å². The summed E-state index contributed by atoms with van der Waals surface area (Å²) in [6.45, 7) is 6.32. The largest absolute Gasteiger partial charge is 0.427 e. The Kier molecular flexibility index (Phi) is 4.89. The number of hydrogen-bond acceptors (Lipinski definition) is 6. The molecule has 1 unspecified atom stereocenters. The van der Waals surface area contributed by atoms with Crippen LogP contribution in [0, 0.1) is 5.41 Å². The van der Waals surface area contributed by atoms with Crippen LogP contribution in [0.3, 0.4) is 0 Å². The number of hydrogen-bond donors (Lipinski definition) is 1. The van der Waals surface area contributed by atoms with E-state index in [2.05, 4.69) is 5.32 Å². The predicted molar refractivity (Wildman–Crippen MR) is 59.1 cm³/mol. The van der Waals surface area contributed by atoms with Crippen molar-refractivity contribution in [1.82, 2.24) is 5.32 Å². The minimum absolute atomic E-state index is 0.284. The lowest BCUT2D eigenvalue weighted by molar-refractivity contribution is -0.175. The summed E-state index contributed by atoms with van der Waals surface area (Å²) < 4.78 is 14.8. The first kappa shape index (κ1) is 13.9. The maximum Gasteiger partial charge on any atom is 0.328 e. The minimum atomic E-state index is -0.599. The molecule has 0 saturated carbocycles. The lowest BCUT2D eigenvalue weighted by Gasteiger charge is -2.22. The van der Waals surface area contributed by atoms with Crippen molar-refractivity contribution >= 4 is 11.9 Å². The molecule has 0 amide bonds. The standard InChI is InChI=1S/C11H19NO5/c1-11(2,3)10(14)17-7-16-9(13)8-6-15-5-4-12-8/h8,12H,4-7H2,1-3H3. The van der Waals surface area contributed by atoms with Gasteiger partial charge in [0.1, 0.15) is 6.04 Å². The van der Waals surface area contributed by atoms with Gasteiger partial charge in [-0.25, -0.2) is 0 Å². The average molecular weight is 245 g/mol. The Balaban J connectivity index is 2.22. The van der Waals surface area contributed by atoms with E-state index in [-0.39, 0.29) is 13.4 Å². The van der Waals surface area contributed by atoms with Crippen molar-refractivity contribution in [2.24, 2.45) is 5.41 Å². The molecule has 1 rings (SSSR count). The van der Waals surface area contributed by atoms with Gasteiger partial charge in [-0.1, -0.05) is 0 Å². The average Bonchev–Trinajstić information content (AvgIpc) is 2.28. The molecule has 1 atom stereocenters. The Labute approximate surface area is 101 Å². The summed E-state index contributed by atoms with van der Waals surface area (Å²) in [6.07, 6.45) is 0. The molecular formula is C11H19NO5. The van der Waals surface area contributed by atoms with Crippen molar-refractivity contribution in [2.75, 3.05) is 26.6 Å². The van der Waals surface area contributed by atoms with Crippen LogP contribution in [0.15, 0.2) is 0 Å². The van der Waals surface area contributed by atoms with Gasteiger partial charge in [-0.3, -0.25) is 9.59 Å². The maximum atomic E-state index is 11.5. The van der Waals surface area contributed by atoms with Crippen molar-refractivity contribution in [3.05, 3.63) is 0 Å². The maximum absolute atomic E-state index is 11.5. The van der Waals surface area contributed by atoms with Gasteiger partial charge in [0.2, 0.25) is 6.79 Å². The molecule has 1 heterocycles. The highest BCUT2D eigenvalue weighted by molar-refractivity contribution is 5.77. The first-order valence-corrected chi connectivity index (χ1v) is 5.56. The quantitative estimate of drug-likeness (QED) is 0.560. The molecule has 0 radical (unpaired) electrons. The molecule has 0 aromatic carbocycles. The predicted octanol–water partition coefficient (Wildman–Crippen LogP) is 0.0648. The second-order valence-electron chi connectivity index (χ2n) is 4.84. The fourth-order valence-corrected chi connectivity index (χ4v) is 1.17. The van der Waals surface area contributed by atoms with Gasteiger partial charge in [-0.2, -0.15) is 0 Å². The van der Waals surface area contributed by atoms with Crippen LogP contribution in [0.1, 0.15) is 20.8 Å². The van der Waals surface area contributed by atoms with E-state index in [1.54, 1.807) is 20.8 Å². The van der Waals surface area contributed by atoms with Gasteiger partial charge in [-0.15, -0.1) is 0 Å². The molecule has 98 valence electrons. The molecule has 1 fully saturated rings. The number of nitrogens with one attached hydrogen (secondary N) is 1. The molecule has 0 aromatic rings. The van der Waals surface area contributed by atoms with Crippen molar-refractivity contribution in [3.63, 3.8) is 0 Å². The number of rotatable bonds is 3. The van der Waals surface area contributed by atoms with E-state index in [0.717, 1.165) is 0 Å². The first-order valence-electron chi connectivity index (χ1n) is 5.56. The zero-order valence-corrected chi connectivity index (χ0v) is 10.4. The summed E-state index contributed by atoms with van der Waals surface area (Å²) in [5.74, 6) is -0.871. The first-order chi connectivity index (χ1) is 7.91. The highest BCUT2D eigenvalue weighted by Crippen LogP contribution is 2.14. The molecule has 1 aliphatic heterocycles. The fraction of sp³-hybridized carbons (Fsp3) is 0.818. The Hall–Kier alpha value is -1.14. The number of morpholine rings is 1. The molecule has 0 bridgehead atoms. The summed E-state index contributed by atoms with van der Waals surface area (Å²) in [5.41, 5.74) is -0.599. The second kappa shape index (κ2) is 5.97. The van der Waals surface area contributed by atoms with E-state index in [9.17, 15) is 9.59 Å². The van der Waals surface area contributed by atoms with Crippen molar-refractivity contribution in [3.8, 4) is 0 Å². The van der Waals surface area contributed by atoms with E-state index < -0.39 is 23.4 Å². The molecule has 0 aliphatic carbocycles. The van der Waals surface area contributed by atoms with Crippen molar-refractivity contribution in [1.29, 1.82) is 0 Å². The van der Waals surface area contributed by atoms with Crippen LogP contribution in [0.25, 0.3) is 0 Å². The summed E-state index contributed by atoms with van der Waals surface area (Å²) in [7, 11) is 0. The van der Waals surface area contributed by atoms with Crippen LogP contribution < -0.4 is 5.32 Å². The minimum Gasteiger partial charge on any atom is -0.427 e. The van der Waals surface area contributed by atoms with Crippen LogP contribution in [0.5, 0.6) is 0 Å². The molecule has 0 spiro atoms. The topological polar surface area (TPSA) is 73.9 Å². The molecule has 6 nitrogen and oxygen atoms in total. The number of carbonyl (C=O) groups excluding carboxylic acids is 2. The Bertz CT molecular complexity index is 278. The highest BCUT2D eigenvalue weighted by Gasteiger charge is 2.25. The van der Waals surface area contributed by atoms with Crippen LogP contribution in [-0.2, 0) is 23.8 Å². The number of ether oxygens (including phenoxy) is 3. The molecule has 1 saturated heterocycles. The van der Waals surface area contributed by atoms with Gasteiger partial charge < -0.3 is 19.5 Å². The van der Waals surface area contributed by atoms with Crippen LogP contribution in [0.4, 0.5) is 0 Å². The lowest BCUT2D eigenvalue weighted by atomic mass is 9.98. The summed E-state index contributed by atoms with van der Waals surface area (Å²) in [4.78, 5) is 22.8. The van der Waals surface area contributed by atoms with Gasteiger partial charge in [-0.05, 0) is 20.8 Å². The Morgan fingerprint density at radius 2 is 2.06 bits per heavy atom. The van der Waals surface area contributed by atoms with E-state index in [0.29, 0.717) is 13.2 Å².